The monoisotopic (exact) mass is 374 g/mol. The molecule has 1 aliphatic heterocycles. The lowest BCUT2D eigenvalue weighted by Gasteiger charge is -2.12. The van der Waals surface area contributed by atoms with Crippen LogP contribution in [0, 0.1) is 0 Å². The van der Waals surface area contributed by atoms with Crippen LogP contribution in [0.2, 0.25) is 5.02 Å². The minimum Gasteiger partial charge on any atom is -0.493 e. The molecule has 2 aromatic carbocycles. The highest BCUT2D eigenvalue weighted by Crippen LogP contribution is 2.32. The zero-order valence-corrected chi connectivity index (χ0v) is 14.9. The summed E-state index contributed by atoms with van der Waals surface area (Å²) in [7, 11) is 1.57. The Hall–Kier alpha value is -2.44. The molecule has 0 unspecified atom stereocenters. The molecule has 2 aromatic rings. The molecule has 0 saturated heterocycles. The van der Waals surface area contributed by atoms with Gasteiger partial charge in [-0.3, -0.25) is 4.79 Å². The van der Waals surface area contributed by atoms with Gasteiger partial charge in [-0.05, 0) is 41.6 Å². The standard InChI is InChI=1S/C18H15ClN2O3S/c1-23-14-7-6-11(9-16-17(22)21-18(20)25-16)8-15(14)24-10-12-4-2-3-5-13(12)19/h2-9H,10H2,1H3,(H2,20,21,22). The second-order valence-electron chi connectivity index (χ2n) is 5.16. The fraction of sp³-hybridized carbons (Fsp3) is 0.111. The minimum atomic E-state index is -0.336. The molecule has 2 N–H and O–H groups in total. The summed E-state index contributed by atoms with van der Waals surface area (Å²) in [6.45, 7) is 0.305. The molecule has 1 amide bonds. The number of thioether (sulfide) groups is 1. The van der Waals surface area contributed by atoms with Crippen LogP contribution in [-0.4, -0.2) is 18.2 Å². The van der Waals surface area contributed by atoms with Crippen LogP contribution in [0.5, 0.6) is 11.5 Å². The van der Waals surface area contributed by atoms with Crippen molar-refractivity contribution < 1.29 is 14.3 Å². The van der Waals surface area contributed by atoms with E-state index in [-0.39, 0.29) is 11.1 Å². The van der Waals surface area contributed by atoms with Crippen LogP contribution in [0.15, 0.2) is 52.4 Å². The Kier molecular flexibility index (Phi) is 5.31. The van der Waals surface area contributed by atoms with Gasteiger partial charge in [0.05, 0.1) is 12.0 Å². The first kappa shape index (κ1) is 17.4. The average molecular weight is 375 g/mol. The number of amidine groups is 1. The van der Waals surface area contributed by atoms with E-state index >= 15 is 0 Å². The van der Waals surface area contributed by atoms with Gasteiger partial charge < -0.3 is 15.2 Å². The highest BCUT2D eigenvalue weighted by Gasteiger charge is 2.19. The van der Waals surface area contributed by atoms with E-state index in [0.717, 1.165) is 22.9 Å². The smallest absolute Gasteiger partial charge is 0.286 e. The van der Waals surface area contributed by atoms with Gasteiger partial charge in [0, 0.05) is 10.6 Å². The van der Waals surface area contributed by atoms with E-state index in [2.05, 4.69) is 4.99 Å². The number of ether oxygens (including phenoxy) is 2. The summed E-state index contributed by atoms with van der Waals surface area (Å²) in [6, 6.07) is 12.9. The first-order valence-corrected chi connectivity index (χ1v) is 8.58. The second kappa shape index (κ2) is 7.63. The Morgan fingerprint density at radius 3 is 2.72 bits per heavy atom. The SMILES string of the molecule is COc1ccc(C=C2SC(N)=NC2=O)cc1OCc1ccccc1Cl. The van der Waals surface area contributed by atoms with E-state index in [9.17, 15) is 4.79 Å². The molecule has 5 nitrogen and oxygen atoms in total. The van der Waals surface area contributed by atoms with Crippen molar-refractivity contribution in [2.75, 3.05) is 7.11 Å². The van der Waals surface area contributed by atoms with Crippen molar-refractivity contribution in [3.05, 3.63) is 63.5 Å². The fourth-order valence-electron chi connectivity index (χ4n) is 2.24. The van der Waals surface area contributed by atoms with E-state index in [1.165, 1.54) is 0 Å². The predicted molar refractivity (Wildman–Crippen MR) is 101 cm³/mol. The van der Waals surface area contributed by atoms with Crippen LogP contribution in [0.4, 0.5) is 0 Å². The molecule has 128 valence electrons. The van der Waals surface area contributed by atoms with Crippen molar-refractivity contribution >= 4 is 40.5 Å². The van der Waals surface area contributed by atoms with Gasteiger partial charge in [0.25, 0.3) is 5.91 Å². The molecule has 0 atom stereocenters. The lowest BCUT2D eigenvalue weighted by Crippen LogP contribution is -2.01. The molecule has 0 saturated carbocycles. The topological polar surface area (TPSA) is 73.9 Å². The summed E-state index contributed by atoms with van der Waals surface area (Å²) in [4.78, 5) is 15.9. The highest BCUT2D eigenvalue weighted by molar-refractivity contribution is 8.18. The third kappa shape index (κ3) is 4.15. The van der Waals surface area contributed by atoms with Crippen LogP contribution in [0.25, 0.3) is 6.08 Å². The number of aliphatic imine (C=N–C) groups is 1. The number of halogens is 1. The van der Waals surface area contributed by atoms with E-state index in [1.807, 2.05) is 30.3 Å². The van der Waals surface area contributed by atoms with Gasteiger partial charge in [-0.25, -0.2) is 0 Å². The predicted octanol–water partition coefficient (Wildman–Crippen LogP) is 3.86. The summed E-state index contributed by atoms with van der Waals surface area (Å²) in [5.41, 5.74) is 7.23. The summed E-state index contributed by atoms with van der Waals surface area (Å²) < 4.78 is 11.2. The Morgan fingerprint density at radius 1 is 1.24 bits per heavy atom. The average Bonchev–Trinajstić information content (AvgIpc) is 2.91. The van der Waals surface area contributed by atoms with E-state index in [0.29, 0.717) is 28.0 Å². The quantitative estimate of drug-likeness (QED) is 0.804. The third-order valence-electron chi connectivity index (χ3n) is 3.46. The van der Waals surface area contributed by atoms with Crippen LogP contribution in [0.1, 0.15) is 11.1 Å². The number of methoxy groups -OCH3 is 1. The number of carbonyl (C=O) groups excluding carboxylic acids is 1. The van der Waals surface area contributed by atoms with Crippen molar-refractivity contribution in [1.82, 2.24) is 0 Å². The largest absolute Gasteiger partial charge is 0.493 e. The van der Waals surface area contributed by atoms with Gasteiger partial charge in [-0.15, -0.1) is 0 Å². The summed E-state index contributed by atoms with van der Waals surface area (Å²) in [5.74, 6) is 0.813. The molecule has 3 rings (SSSR count). The van der Waals surface area contributed by atoms with Crippen LogP contribution in [-0.2, 0) is 11.4 Å². The Balaban J connectivity index is 1.82. The zero-order chi connectivity index (χ0) is 17.8. The van der Waals surface area contributed by atoms with Crippen LogP contribution in [0.3, 0.4) is 0 Å². The van der Waals surface area contributed by atoms with Crippen molar-refractivity contribution in [1.29, 1.82) is 0 Å². The molecule has 0 spiro atoms. The van der Waals surface area contributed by atoms with Crippen LogP contribution < -0.4 is 15.2 Å². The maximum Gasteiger partial charge on any atom is 0.286 e. The molecule has 25 heavy (non-hydrogen) atoms. The molecule has 1 heterocycles. The molecule has 7 heteroatoms. The Morgan fingerprint density at radius 2 is 2.04 bits per heavy atom. The lowest BCUT2D eigenvalue weighted by atomic mass is 10.2. The van der Waals surface area contributed by atoms with E-state index < -0.39 is 0 Å². The molecule has 0 bridgehead atoms. The third-order valence-corrected chi connectivity index (χ3v) is 4.65. The van der Waals surface area contributed by atoms with E-state index in [1.54, 1.807) is 25.3 Å². The number of rotatable bonds is 5. The van der Waals surface area contributed by atoms with Crippen LogP contribution >= 0.6 is 23.4 Å². The summed E-state index contributed by atoms with van der Waals surface area (Å²) in [5, 5.41) is 0.889. The molecular weight excluding hydrogens is 360 g/mol. The second-order valence-corrected chi connectivity index (χ2v) is 6.63. The normalized spacial score (nSPS) is 15.4. The molecule has 0 aromatic heterocycles. The summed E-state index contributed by atoms with van der Waals surface area (Å²) >= 11 is 7.30. The van der Waals surface area contributed by atoms with Gasteiger partial charge in [-0.2, -0.15) is 4.99 Å². The zero-order valence-electron chi connectivity index (χ0n) is 13.4. The van der Waals surface area contributed by atoms with E-state index in [4.69, 9.17) is 26.8 Å². The van der Waals surface area contributed by atoms with Crippen molar-refractivity contribution in [2.45, 2.75) is 6.61 Å². The number of hydrogen-bond acceptors (Lipinski definition) is 5. The Bertz CT molecular complexity index is 880. The van der Waals surface area contributed by atoms with Crippen molar-refractivity contribution in [3.63, 3.8) is 0 Å². The fourth-order valence-corrected chi connectivity index (χ4v) is 3.12. The first-order valence-electron chi connectivity index (χ1n) is 7.39. The van der Waals surface area contributed by atoms with Gasteiger partial charge in [0.2, 0.25) is 0 Å². The molecule has 0 radical (unpaired) electrons. The molecule has 1 aliphatic rings. The molecule has 0 aliphatic carbocycles. The number of amides is 1. The molecular formula is C18H15ClN2O3S. The maximum absolute atomic E-state index is 11.7. The number of nitrogens with two attached hydrogens (primary N) is 1. The van der Waals surface area contributed by atoms with Crippen molar-refractivity contribution in [2.24, 2.45) is 10.7 Å². The first-order chi connectivity index (χ1) is 12.1. The Labute approximate surface area is 154 Å². The summed E-state index contributed by atoms with van der Waals surface area (Å²) in [6.07, 6.45) is 1.72. The van der Waals surface area contributed by atoms with Gasteiger partial charge in [0.15, 0.2) is 16.7 Å². The minimum absolute atomic E-state index is 0.250. The van der Waals surface area contributed by atoms with Crippen molar-refractivity contribution in [3.8, 4) is 11.5 Å². The van der Waals surface area contributed by atoms with Gasteiger partial charge in [0.1, 0.15) is 6.61 Å². The number of carbonyl (C=O) groups is 1. The number of nitrogens with zero attached hydrogens (tertiary/aromatic N) is 1. The maximum atomic E-state index is 11.7. The molecule has 0 fully saturated rings. The van der Waals surface area contributed by atoms with Gasteiger partial charge in [-0.1, -0.05) is 35.9 Å². The lowest BCUT2D eigenvalue weighted by molar-refractivity contribution is -0.113. The number of benzene rings is 2. The van der Waals surface area contributed by atoms with Gasteiger partial charge >= 0.3 is 0 Å². The highest BCUT2D eigenvalue weighted by atomic mass is 35.5. The number of hydrogen-bond donors (Lipinski definition) is 1.